The Kier molecular flexibility index (Phi) is 2.92. The molecule has 4 heteroatoms. The topological polar surface area (TPSA) is 36.3 Å². The highest BCUT2D eigenvalue weighted by Gasteiger charge is 2.25. The number of ether oxygens (including phenoxy) is 1. The Morgan fingerprint density at radius 3 is 3.00 bits per heavy atom. The van der Waals surface area contributed by atoms with E-state index in [2.05, 4.69) is 0 Å². The van der Waals surface area contributed by atoms with Gasteiger partial charge in [0.05, 0.1) is 6.10 Å². The molecule has 3 nitrogen and oxygen atoms in total. The Balaban J connectivity index is 2.18. The lowest BCUT2D eigenvalue weighted by atomic mass is 10.1. The Morgan fingerprint density at radius 1 is 1.56 bits per heavy atom. The van der Waals surface area contributed by atoms with Crippen LogP contribution < -0.4 is 0 Å². The molecule has 0 saturated carbocycles. The fourth-order valence-corrected chi connectivity index (χ4v) is 1.90. The molecule has 1 heterocycles. The van der Waals surface area contributed by atoms with Crippen LogP contribution in [0.1, 0.15) is 18.1 Å². The highest BCUT2D eigenvalue weighted by Crippen LogP contribution is 2.23. The minimum absolute atomic E-state index is 0.0690. The maximum Gasteiger partial charge on any atom is 0.128 e. The predicted octanol–water partition coefficient (Wildman–Crippen LogP) is 2.00. The lowest BCUT2D eigenvalue weighted by molar-refractivity contribution is 0.0964. The third kappa shape index (κ3) is 1.93. The molecule has 0 aromatic heterocycles. The van der Waals surface area contributed by atoms with E-state index in [-0.39, 0.29) is 11.9 Å². The zero-order valence-corrected chi connectivity index (χ0v) is 9.46. The molecule has 1 aromatic carbocycles. The van der Waals surface area contributed by atoms with Crippen molar-refractivity contribution in [3.63, 3.8) is 0 Å². The molecule has 1 aliphatic rings. The van der Waals surface area contributed by atoms with Crippen molar-refractivity contribution < 1.29 is 9.13 Å². The van der Waals surface area contributed by atoms with Gasteiger partial charge in [-0.3, -0.25) is 5.41 Å². The molecule has 1 atom stereocenters. The summed E-state index contributed by atoms with van der Waals surface area (Å²) in [6.07, 6.45) is 0.0690. The van der Waals surface area contributed by atoms with Crippen LogP contribution in [-0.4, -0.2) is 30.5 Å². The first-order valence-electron chi connectivity index (χ1n) is 5.27. The third-order valence-corrected chi connectivity index (χ3v) is 2.88. The second-order valence-electron chi connectivity index (χ2n) is 4.08. The summed E-state index contributed by atoms with van der Waals surface area (Å²) in [5.74, 6) is 0.100. The number of nitrogens with one attached hydrogen (secondary N) is 1. The molecule has 16 heavy (non-hydrogen) atoms. The summed E-state index contributed by atoms with van der Waals surface area (Å²) >= 11 is 0. The Labute approximate surface area is 94.3 Å². The van der Waals surface area contributed by atoms with Gasteiger partial charge < -0.3 is 9.64 Å². The van der Waals surface area contributed by atoms with Crippen LogP contribution in [0.3, 0.4) is 0 Å². The van der Waals surface area contributed by atoms with Gasteiger partial charge in [-0.1, -0.05) is 6.07 Å². The Bertz CT molecular complexity index is 419. The molecular formula is C12H15FN2O. The van der Waals surface area contributed by atoms with Crippen LogP contribution in [0.2, 0.25) is 0 Å². The molecule has 0 aliphatic carbocycles. The lowest BCUT2D eigenvalue weighted by Crippen LogP contribution is -2.32. The number of benzene rings is 1. The number of rotatable bonds is 3. The molecule has 0 saturated heterocycles. The van der Waals surface area contributed by atoms with E-state index in [1.54, 1.807) is 13.2 Å². The van der Waals surface area contributed by atoms with Gasteiger partial charge in [0.1, 0.15) is 11.7 Å². The Hall–Kier alpha value is -1.42. The first kappa shape index (κ1) is 11.1. The highest BCUT2D eigenvalue weighted by molar-refractivity contribution is 6.00. The third-order valence-electron chi connectivity index (χ3n) is 2.88. The van der Waals surface area contributed by atoms with E-state index in [0.717, 1.165) is 5.56 Å². The summed E-state index contributed by atoms with van der Waals surface area (Å²) in [6, 6.07) is 4.61. The van der Waals surface area contributed by atoms with Crippen LogP contribution in [0.25, 0.3) is 0 Å². The minimum atomic E-state index is -0.287. The van der Waals surface area contributed by atoms with Gasteiger partial charge in [0, 0.05) is 25.8 Å². The van der Waals surface area contributed by atoms with Crippen molar-refractivity contribution in [1.82, 2.24) is 4.90 Å². The maximum atomic E-state index is 13.1. The fraction of sp³-hybridized carbons (Fsp3) is 0.417. The molecule has 2 rings (SSSR count). The molecule has 0 bridgehead atoms. The van der Waals surface area contributed by atoms with Crippen LogP contribution in [0.15, 0.2) is 18.2 Å². The van der Waals surface area contributed by atoms with Gasteiger partial charge in [-0.2, -0.15) is 0 Å². The highest BCUT2D eigenvalue weighted by atomic mass is 19.1. The van der Waals surface area contributed by atoms with Crippen LogP contribution in [0.5, 0.6) is 0 Å². The average molecular weight is 222 g/mol. The number of amidine groups is 1. The van der Waals surface area contributed by atoms with Gasteiger partial charge in [-0.15, -0.1) is 0 Å². The van der Waals surface area contributed by atoms with Gasteiger partial charge in [0.2, 0.25) is 0 Å². The molecule has 0 radical (unpaired) electrons. The minimum Gasteiger partial charge on any atom is -0.380 e. The van der Waals surface area contributed by atoms with E-state index in [1.807, 2.05) is 11.8 Å². The van der Waals surface area contributed by atoms with Crippen molar-refractivity contribution in [2.45, 2.75) is 19.6 Å². The van der Waals surface area contributed by atoms with Crippen molar-refractivity contribution in [2.24, 2.45) is 0 Å². The van der Waals surface area contributed by atoms with E-state index in [0.29, 0.717) is 24.5 Å². The quantitative estimate of drug-likeness (QED) is 0.849. The van der Waals surface area contributed by atoms with Crippen LogP contribution in [0, 0.1) is 11.2 Å². The summed E-state index contributed by atoms with van der Waals surface area (Å²) in [7, 11) is 1.65. The monoisotopic (exact) mass is 222 g/mol. The molecule has 86 valence electrons. The number of hydrogen-bond donors (Lipinski definition) is 1. The van der Waals surface area contributed by atoms with E-state index < -0.39 is 0 Å². The zero-order valence-electron chi connectivity index (χ0n) is 9.46. The van der Waals surface area contributed by atoms with Crippen molar-refractivity contribution in [2.75, 3.05) is 13.7 Å². The molecule has 1 N–H and O–H groups in total. The first-order valence-corrected chi connectivity index (χ1v) is 5.27. The SMILES string of the molecule is COC(C)CN1Cc2ccc(F)cc2C1=N. The molecule has 1 aromatic rings. The number of halogens is 1. The number of fused-ring (bicyclic) bond motifs is 1. The molecule has 1 unspecified atom stereocenters. The molecule has 1 aliphatic heterocycles. The summed E-state index contributed by atoms with van der Waals surface area (Å²) in [6.45, 7) is 3.28. The van der Waals surface area contributed by atoms with E-state index in [9.17, 15) is 4.39 Å². The normalized spacial score (nSPS) is 16.4. The number of nitrogens with zero attached hydrogens (tertiary/aromatic N) is 1. The zero-order chi connectivity index (χ0) is 11.7. The van der Waals surface area contributed by atoms with Gasteiger partial charge in [-0.05, 0) is 24.6 Å². The van der Waals surface area contributed by atoms with Crippen LogP contribution in [-0.2, 0) is 11.3 Å². The maximum absolute atomic E-state index is 13.1. The largest absolute Gasteiger partial charge is 0.380 e. The second-order valence-corrected chi connectivity index (χ2v) is 4.08. The summed E-state index contributed by atoms with van der Waals surface area (Å²) in [5.41, 5.74) is 1.71. The van der Waals surface area contributed by atoms with Crippen molar-refractivity contribution in [1.29, 1.82) is 5.41 Å². The fourth-order valence-electron chi connectivity index (χ4n) is 1.90. The van der Waals surface area contributed by atoms with E-state index in [4.69, 9.17) is 10.1 Å². The smallest absolute Gasteiger partial charge is 0.128 e. The van der Waals surface area contributed by atoms with Gasteiger partial charge in [0.15, 0.2) is 0 Å². The Morgan fingerprint density at radius 2 is 2.31 bits per heavy atom. The summed E-state index contributed by atoms with van der Waals surface area (Å²) in [5, 5.41) is 7.96. The van der Waals surface area contributed by atoms with Crippen LogP contribution >= 0.6 is 0 Å². The average Bonchev–Trinajstić information content (AvgIpc) is 2.56. The number of methoxy groups -OCH3 is 1. The lowest BCUT2D eigenvalue weighted by Gasteiger charge is -2.21. The molecule has 0 spiro atoms. The summed E-state index contributed by atoms with van der Waals surface area (Å²) < 4.78 is 18.2. The van der Waals surface area contributed by atoms with Crippen molar-refractivity contribution in [3.05, 3.63) is 35.1 Å². The van der Waals surface area contributed by atoms with E-state index in [1.165, 1.54) is 12.1 Å². The van der Waals surface area contributed by atoms with E-state index >= 15 is 0 Å². The predicted molar refractivity (Wildman–Crippen MR) is 60.1 cm³/mol. The first-order chi connectivity index (χ1) is 7.61. The van der Waals surface area contributed by atoms with Gasteiger partial charge in [0.25, 0.3) is 0 Å². The molecular weight excluding hydrogens is 207 g/mol. The van der Waals surface area contributed by atoms with Crippen LogP contribution in [0.4, 0.5) is 4.39 Å². The van der Waals surface area contributed by atoms with Gasteiger partial charge >= 0.3 is 0 Å². The molecule has 0 amide bonds. The summed E-state index contributed by atoms with van der Waals surface area (Å²) in [4.78, 5) is 1.90. The molecule has 0 fully saturated rings. The number of hydrogen-bond acceptors (Lipinski definition) is 2. The van der Waals surface area contributed by atoms with Crippen molar-refractivity contribution in [3.8, 4) is 0 Å². The second kappa shape index (κ2) is 4.22. The van der Waals surface area contributed by atoms with Gasteiger partial charge in [-0.25, -0.2) is 4.39 Å². The standard InChI is InChI=1S/C12H15FN2O/c1-8(16-2)6-15-7-9-3-4-10(13)5-11(9)12(15)14/h3-5,8,14H,6-7H2,1-2H3. The van der Waals surface area contributed by atoms with Crippen molar-refractivity contribution >= 4 is 5.84 Å².